The monoisotopic (exact) mass is 135 g/mol. The Bertz CT molecular complexity index is 37.4. The summed E-state index contributed by atoms with van der Waals surface area (Å²) in [6.45, 7) is 3.54. The molecule has 0 unspecified atom stereocenters. The van der Waals surface area contributed by atoms with Gasteiger partial charge < -0.3 is 10.5 Å². The summed E-state index contributed by atoms with van der Waals surface area (Å²) in [5, 5.41) is 0. The molecule has 0 aliphatic rings. The second-order valence-electron chi connectivity index (χ2n) is 1.31. The minimum absolute atomic E-state index is 0.748. The molecule has 0 saturated carbocycles. The molecule has 0 amide bonds. The average Bonchev–Trinajstić information content (AvgIpc) is 1.81. The van der Waals surface area contributed by atoms with Crippen molar-refractivity contribution in [1.29, 1.82) is 0 Å². The summed E-state index contributed by atoms with van der Waals surface area (Å²) in [7, 11) is 0. The maximum absolute atomic E-state index is 5.23. The molecule has 2 nitrogen and oxygen atoms in total. The van der Waals surface area contributed by atoms with E-state index in [2.05, 4.69) is 0 Å². The third-order valence-electron chi connectivity index (χ3n) is 0.633. The molecule has 0 heterocycles. The zero-order valence-electron chi connectivity index (χ0n) is 5.22. The van der Waals surface area contributed by atoms with Crippen LogP contribution in [0, 0.1) is 0 Å². The first kappa shape index (κ1) is 8.27. The van der Waals surface area contributed by atoms with Crippen LogP contribution in [0.25, 0.3) is 0 Å². The lowest BCUT2D eigenvalue weighted by Crippen LogP contribution is -2.02. The van der Waals surface area contributed by atoms with E-state index in [0.29, 0.717) is 0 Å². The molecule has 8 heavy (non-hydrogen) atoms. The van der Waals surface area contributed by atoms with Gasteiger partial charge in [-0.25, -0.2) is 0 Å². The van der Waals surface area contributed by atoms with E-state index >= 15 is 0 Å². The maximum Gasteiger partial charge on any atom is 0.0921 e. The lowest BCUT2D eigenvalue weighted by atomic mass is 10.8. The quantitative estimate of drug-likeness (QED) is 0.444. The Morgan fingerprint density at radius 2 is 2.38 bits per heavy atom. The first-order chi connectivity index (χ1) is 3.91. The standard InChI is InChI=1S/C5H13NOS/c1-2-7-5-8-4-3-6/h2-6H2,1H3. The zero-order chi connectivity index (χ0) is 6.24. The Hall–Kier alpha value is 0.270. The summed E-state index contributed by atoms with van der Waals surface area (Å²) in [4.78, 5) is 0. The molecule has 2 N–H and O–H groups in total. The Kier molecular flexibility index (Phi) is 7.52. The molecule has 3 heteroatoms. The normalized spacial score (nSPS) is 9.75. The van der Waals surface area contributed by atoms with Gasteiger partial charge in [-0.3, -0.25) is 0 Å². The van der Waals surface area contributed by atoms with Crippen LogP contribution in [-0.4, -0.2) is 24.8 Å². The highest BCUT2D eigenvalue weighted by Gasteiger charge is 1.82. The number of hydrogen-bond acceptors (Lipinski definition) is 3. The Morgan fingerprint density at radius 1 is 1.62 bits per heavy atom. The van der Waals surface area contributed by atoms with Crippen molar-refractivity contribution in [3.8, 4) is 0 Å². The molecule has 0 rings (SSSR count). The van der Waals surface area contributed by atoms with Gasteiger partial charge in [-0.2, -0.15) is 0 Å². The molecular weight excluding hydrogens is 122 g/mol. The zero-order valence-corrected chi connectivity index (χ0v) is 6.04. The van der Waals surface area contributed by atoms with Crippen molar-refractivity contribution in [3.05, 3.63) is 0 Å². The molecule has 0 spiro atoms. The van der Waals surface area contributed by atoms with E-state index < -0.39 is 0 Å². The van der Waals surface area contributed by atoms with Crippen LogP contribution in [0.4, 0.5) is 0 Å². The van der Waals surface area contributed by atoms with E-state index in [1.54, 1.807) is 11.8 Å². The van der Waals surface area contributed by atoms with Gasteiger partial charge in [0.25, 0.3) is 0 Å². The van der Waals surface area contributed by atoms with Gasteiger partial charge in [0.05, 0.1) is 5.94 Å². The summed E-state index contributed by atoms with van der Waals surface area (Å²) in [5.41, 5.74) is 5.23. The third kappa shape index (κ3) is 6.27. The van der Waals surface area contributed by atoms with Gasteiger partial charge in [-0.15, -0.1) is 11.8 Å². The highest BCUT2D eigenvalue weighted by atomic mass is 32.2. The summed E-state index contributed by atoms with van der Waals surface area (Å²) in [6.07, 6.45) is 0. The third-order valence-corrected chi connectivity index (χ3v) is 1.49. The van der Waals surface area contributed by atoms with Crippen LogP contribution in [0.3, 0.4) is 0 Å². The van der Waals surface area contributed by atoms with E-state index in [1.165, 1.54) is 0 Å². The van der Waals surface area contributed by atoms with E-state index in [9.17, 15) is 0 Å². The van der Waals surface area contributed by atoms with Crippen LogP contribution in [0.1, 0.15) is 6.92 Å². The Balaban J connectivity index is 2.53. The molecule has 0 bridgehead atoms. The lowest BCUT2D eigenvalue weighted by molar-refractivity contribution is 0.199. The SMILES string of the molecule is CCOCSCCN. The fourth-order valence-electron chi connectivity index (χ4n) is 0.285. The average molecular weight is 135 g/mol. The van der Waals surface area contributed by atoms with Crippen LogP contribution in [0.15, 0.2) is 0 Å². The molecule has 50 valence electrons. The smallest absolute Gasteiger partial charge is 0.0921 e. The fourth-order valence-corrected chi connectivity index (χ4v) is 0.854. The number of nitrogens with two attached hydrogens (primary N) is 1. The van der Waals surface area contributed by atoms with Crippen LogP contribution < -0.4 is 5.73 Å². The molecule has 0 aromatic heterocycles. The highest BCUT2D eigenvalue weighted by Crippen LogP contribution is 1.96. The number of thioether (sulfide) groups is 1. The second kappa shape index (κ2) is 7.27. The van der Waals surface area contributed by atoms with E-state index in [4.69, 9.17) is 10.5 Å². The van der Waals surface area contributed by atoms with Crippen molar-refractivity contribution in [3.63, 3.8) is 0 Å². The first-order valence-corrected chi connectivity index (χ1v) is 3.92. The summed E-state index contributed by atoms with van der Waals surface area (Å²) < 4.78 is 5.04. The first-order valence-electron chi connectivity index (χ1n) is 2.77. The van der Waals surface area contributed by atoms with Crippen molar-refractivity contribution in [1.82, 2.24) is 0 Å². The van der Waals surface area contributed by atoms with Gasteiger partial charge in [0.2, 0.25) is 0 Å². The van der Waals surface area contributed by atoms with Gasteiger partial charge in [0.15, 0.2) is 0 Å². The van der Waals surface area contributed by atoms with Crippen LogP contribution >= 0.6 is 11.8 Å². The predicted molar refractivity (Wildman–Crippen MR) is 38.0 cm³/mol. The number of ether oxygens (including phenoxy) is 1. The minimum atomic E-state index is 0.748. The van der Waals surface area contributed by atoms with Crippen molar-refractivity contribution in [2.24, 2.45) is 5.73 Å². The molecule has 0 aliphatic heterocycles. The second-order valence-corrected chi connectivity index (χ2v) is 2.36. The number of hydrogen-bond donors (Lipinski definition) is 1. The largest absolute Gasteiger partial charge is 0.371 e. The van der Waals surface area contributed by atoms with Gasteiger partial charge in [-0.1, -0.05) is 0 Å². The molecular formula is C5H13NOS. The summed E-state index contributed by atoms with van der Waals surface area (Å²) in [5.74, 6) is 1.79. The summed E-state index contributed by atoms with van der Waals surface area (Å²) >= 11 is 1.73. The molecule has 0 aliphatic carbocycles. The van der Waals surface area contributed by atoms with Crippen LogP contribution in [0.2, 0.25) is 0 Å². The predicted octanol–water partition coefficient (Wildman–Crippen LogP) is 0.672. The molecule has 0 fully saturated rings. The van der Waals surface area contributed by atoms with E-state index in [1.807, 2.05) is 6.92 Å². The van der Waals surface area contributed by atoms with Gasteiger partial charge in [-0.05, 0) is 6.92 Å². The van der Waals surface area contributed by atoms with Crippen LogP contribution in [0.5, 0.6) is 0 Å². The lowest BCUT2D eigenvalue weighted by Gasteiger charge is -1.97. The van der Waals surface area contributed by atoms with E-state index in [-0.39, 0.29) is 0 Å². The van der Waals surface area contributed by atoms with Crippen molar-refractivity contribution < 1.29 is 4.74 Å². The molecule has 0 radical (unpaired) electrons. The minimum Gasteiger partial charge on any atom is -0.371 e. The number of rotatable bonds is 5. The fraction of sp³-hybridized carbons (Fsp3) is 1.00. The molecule has 0 atom stereocenters. The van der Waals surface area contributed by atoms with Crippen molar-refractivity contribution >= 4 is 11.8 Å². The maximum atomic E-state index is 5.23. The Morgan fingerprint density at radius 3 is 2.88 bits per heavy atom. The molecule has 0 aromatic rings. The topological polar surface area (TPSA) is 35.2 Å². The Labute approximate surface area is 54.8 Å². The van der Waals surface area contributed by atoms with Crippen molar-refractivity contribution in [2.45, 2.75) is 6.92 Å². The van der Waals surface area contributed by atoms with Gasteiger partial charge >= 0.3 is 0 Å². The molecule has 0 saturated heterocycles. The van der Waals surface area contributed by atoms with Gasteiger partial charge in [0, 0.05) is 18.9 Å². The van der Waals surface area contributed by atoms with Gasteiger partial charge in [0.1, 0.15) is 0 Å². The molecule has 0 aromatic carbocycles. The van der Waals surface area contributed by atoms with Crippen molar-refractivity contribution in [2.75, 3.05) is 24.8 Å². The highest BCUT2D eigenvalue weighted by molar-refractivity contribution is 7.99. The van der Waals surface area contributed by atoms with E-state index in [0.717, 1.165) is 24.8 Å². The van der Waals surface area contributed by atoms with Crippen LogP contribution in [-0.2, 0) is 4.74 Å². The summed E-state index contributed by atoms with van der Waals surface area (Å²) in [6, 6.07) is 0.